The molecule has 0 N–H and O–H groups in total. The first-order valence-corrected chi connectivity index (χ1v) is 7.64. The van der Waals surface area contributed by atoms with E-state index in [-0.39, 0.29) is 23.4 Å². The molecular weight excluding hydrogens is 282 g/mol. The molecule has 106 valence electrons. The summed E-state index contributed by atoms with van der Waals surface area (Å²) in [7, 11) is -3.76. The molecule has 0 aliphatic heterocycles. The molecule has 1 saturated carbocycles. The maximum Gasteiger partial charge on any atom is 0.277 e. The normalized spacial score (nSPS) is 15.7. The summed E-state index contributed by atoms with van der Waals surface area (Å²) in [5.41, 5.74) is 0. The van der Waals surface area contributed by atoms with E-state index < -0.39 is 10.0 Å². The molecule has 0 bridgehead atoms. The zero-order valence-corrected chi connectivity index (χ0v) is 11.4. The summed E-state index contributed by atoms with van der Waals surface area (Å²) in [6, 6.07) is 6.05. The predicted octanol–water partition coefficient (Wildman–Crippen LogP) is 2.04. The summed E-state index contributed by atoms with van der Waals surface area (Å²) in [6.45, 7) is 0.164. The molecule has 20 heavy (non-hydrogen) atoms. The number of nitrogens with zero attached hydrogens (tertiary/aromatic N) is 1. The Morgan fingerprint density at radius 1 is 1.30 bits per heavy atom. The van der Waals surface area contributed by atoms with E-state index in [0.717, 1.165) is 12.8 Å². The highest BCUT2D eigenvalue weighted by atomic mass is 32.2. The van der Waals surface area contributed by atoms with Gasteiger partial charge in [0, 0.05) is 6.04 Å². The maximum absolute atomic E-state index is 12.5. The lowest BCUT2D eigenvalue weighted by Gasteiger charge is -2.19. The standard InChI is InChI=1S/C13H13NO5S/c15-9-12-5-6-13(19-12)20(16,17)14(10-3-4-10)8-11-2-1-7-18-11/h1-2,5-7,9-10H,3-4,8H2. The Morgan fingerprint density at radius 3 is 2.65 bits per heavy atom. The Bertz CT molecular complexity index is 697. The lowest BCUT2D eigenvalue weighted by atomic mass is 10.4. The fourth-order valence-corrected chi connectivity index (χ4v) is 3.55. The zero-order chi connectivity index (χ0) is 14.2. The number of furan rings is 2. The van der Waals surface area contributed by atoms with E-state index in [2.05, 4.69) is 0 Å². The van der Waals surface area contributed by atoms with Gasteiger partial charge in [-0.25, -0.2) is 8.42 Å². The van der Waals surface area contributed by atoms with Crippen LogP contribution in [0.15, 0.2) is 44.5 Å². The van der Waals surface area contributed by atoms with Crippen molar-refractivity contribution in [2.24, 2.45) is 0 Å². The van der Waals surface area contributed by atoms with Gasteiger partial charge in [0.05, 0.1) is 12.8 Å². The van der Waals surface area contributed by atoms with Crippen LogP contribution in [0.5, 0.6) is 0 Å². The number of aldehydes is 1. The molecule has 0 unspecified atom stereocenters. The van der Waals surface area contributed by atoms with Crippen molar-refractivity contribution in [2.75, 3.05) is 0 Å². The van der Waals surface area contributed by atoms with Crippen LogP contribution in [0.25, 0.3) is 0 Å². The van der Waals surface area contributed by atoms with E-state index in [4.69, 9.17) is 8.83 Å². The van der Waals surface area contributed by atoms with Crippen LogP contribution >= 0.6 is 0 Å². The third kappa shape index (κ3) is 2.41. The summed E-state index contributed by atoms with van der Waals surface area (Å²) < 4.78 is 36.7. The van der Waals surface area contributed by atoms with Gasteiger partial charge in [-0.2, -0.15) is 4.31 Å². The number of rotatable bonds is 6. The first-order valence-electron chi connectivity index (χ1n) is 6.20. The van der Waals surface area contributed by atoms with Crippen LogP contribution in [-0.4, -0.2) is 25.1 Å². The molecule has 1 aliphatic carbocycles. The maximum atomic E-state index is 12.5. The van der Waals surface area contributed by atoms with Gasteiger partial charge in [0.2, 0.25) is 5.09 Å². The highest BCUT2D eigenvalue weighted by molar-refractivity contribution is 7.89. The molecular formula is C13H13NO5S. The molecule has 2 aromatic heterocycles. The van der Waals surface area contributed by atoms with Crippen molar-refractivity contribution in [3.63, 3.8) is 0 Å². The fourth-order valence-electron chi connectivity index (χ4n) is 1.98. The van der Waals surface area contributed by atoms with Gasteiger partial charge in [-0.15, -0.1) is 0 Å². The third-order valence-corrected chi connectivity index (χ3v) is 4.90. The second-order valence-electron chi connectivity index (χ2n) is 4.64. The molecule has 1 aliphatic rings. The molecule has 6 nitrogen and oxygen atoms in total. The number of sulfonamides is 1. The fraction of sp³-hybridized carbons (Fsp3) is 0.308. The second kappa shape index (κ2) is 4.92. The average molecular weight is 295 g/mol. The van der Waals surface area contributed by atoms with Crippen LogP contribution in [0.4, 0.5) is 0 Å². The van der Waals surface area contributed by atoms with E-state index in [1.54, 1.807) is 12.1 Å². The minimum Gasteiger partial charge on any atom is -0.468 e. The van der Waals surface area contributed by atoms with E-state index >= 15 is 0 Å². The van der Waals surface area contributed by atoms with Crippen molar-refractivity contribution in [3.05, 3.63) is 42.0 Å². The topological polar surface area (TPSA) is 80.7 Å². The van der Waals surface area contributed by atoms with Gasteiger partial charge in [0.15, 0.2) is 12.0 Å². The zero-order valence-electron chi connectivity index (χ0n) is 10.6. The Hall–Kier alpha value is -1.86. The summed E-state index contributed by atoms with van der Waals surface area (Å²) >= 11 is 0. The number of hydrogen-bond acceptors (Lipinski definition) is 5. The van der Waals surface area contributed by atoms with Crippen molar-refractivity contribution < 1.29 is 22.0 Å². The third-order valence-electron chi connectivity index (χ3n) is 3.13. The molecule has 1 fully saturated rings. The predicted molar refractivity (Wildman–Crippen MR) is 68.6 cm³/mol. The van der Waals surface area contributed by atoms with E-state index in [9.17, 15) is 13.2 Å². The first kappa shape index (κ1) is 13.1. The molecule has 3 rings (SSSR count). The molecule has 2 heterocycles. The molecule has 0 saturated heterocycles. The Morgan fingerprint density at radius 2 is 2.10 bits per heavy atom. The molecule has 7 heteroatoms. The monoisotopic (exact) mass is 295 g/mol. The summed E-state index contributed by atoms with van der Waals surface area (Å²) in [5.74, 6) is 0.569. The SMILES string of the molecule is O=Cc1ccc(S(=O)(=O)N(Cc2ccco2)C2CC2)o1. The van der Waals surface area contributed by atoms with Crippen LogP contribution in [0, 0.1) is 0 Å². The van der Waals surface area contributed by atoms with E-state index in [0.29, 0.717) is 12.0 Å². The van der Waals surface area contributed by atoms with Crippen LogP contribution in [0.2, 0.25) is 0 Å². The van der Waals surface area contributed by atoms with Gasteiger partial charge in [-0.1, -0.05) is 0 Å². The molecule has 0 amide bonds. The molecule has 0 aromatic carbocycles. The van der Waals surface area contributed by atoms with Crippen molar-refractivity contribution in [1.29, 1.82) is 0 Å². The number of hydrogen-bond donors (Lipinski definition) is 0. The van der Waals surface area contributed by atoms with Crippen molar-refractivity contribution in [2.45, 2.75) is 30.5 Å². The van der Waals surface area contributed by atoms with Crippen LogP contribution in [-0.2, 0) is 16.6 Å². The Labute approximate surface area is 116 Å². The van der Waals surface area contributed by atoms with Crippen LogP contribution < -0.4 is 0 Å². The molecule has 0 atom stereocenters. The molecule has 0 spiro atoms. The van der Waals surface area contributed by atoms with Gasteiger partial charge in [0.1, 0.15) is 5.76 Å². The second-order valence-corrected chi connectivity index (χ2v) is 6.46. The lowest BCUT2D eigenvalue weighted by molar-refractivity contribution is 0.109. The van der Waals surface area contributed by atoms with E-state index in [1.165, 1.54) is 22.7 Å². The largest absolute Gasteiger partial charge is 0.468 e. The highest BCUT2D eigenvalue weighted by Gasteiger charge is 2.40. The van der Waals surface area contributed by atoms with Gasteiger partial charge in [-0.3, -0.25) is 4.79 Å². The van der Waals surface area contributed by atoms with E-state index in [1.807, 2.05) is 0 Å². The smallest absolute Gasteiger partial charge is 0.277 e. The average Bonchev–Trinajstić information content (AvgIpc) is 2.96. The van der Waals surface area contributed by atoms with Crippen molar-refractivity contribution in [3.8, 4) is 0 Å². The van der Waals surface area contributed by atoms with Gasteiger partial charge >= 0.3 is 0 Å². The Kier molecular flexibility index (Phi) is 3.23. The van der Waals surface area contributed by atoms with Gasteiger partial charge < -0.3 is 8.83 Å². The molecule has 0 radical (unpaired) electrons. The number of carbonyl (C=O) groups is 1. The van der Waals surface area contributed by atoms with Crippen LogP contribution in [0.1, 0.15) is 29.2 Å². The summed E-state index contributed by atoms with van der Waals surface area (Å²) in [6.07, 6.45) is 3.62. The summed E-state index contributed by atoms with van der Waals surface area (Å²) in [5, 5.41) is -0.210. The summed E-state index contributed by atoms with van der Waals surface area (Å²) in [4.78, 5) is 10.6. The number of carbonyl (C=O) groups excluding carboxylic acids is 1. The first-order chi connectivity index (χ1) is 9.61. The van der Waals surface area contributed by atoms with Gasteiger partial charge in [-0.05, 0) is 37.1 Å². The highest BCUT2D eigenvalue weighted by Crippen LogP contribution is 2.33. The lowest BCUT2D eigenvalue weighted by Crippen LogP contribution is -2.32. The van der Waals surface area contributed by atoms with Crippen molar-refractivity contribution in [1.82, 2.24) is 4.31 Å². The minimum absolute atomic E-state index is 0.00248. The quantitative estimate of drug-likeness (QED) is 0.762. The Balaban J connectivity index is 1.91. The minimum atomic E-state index is -3.76. The van der Waals surface area contributed by atoms with Crippen molar-refractivity contribution >= 4 is 16.3 Å². The molecule has 2 aromatic rings. The van der Waals surface area contributed by atoms with Gasteiger partial charge in [0.25, 0.3) is 10.0 Å². The van der Waals surface area contributed by atoms with Crippen LogP contribution in [0.3, 0.4) is 0 Å².